The molecule has 148 valence electrons. The topological polar surface area (TPSA) is 20.3 Å². The van der Waals surface area contributed by atoms with Crippen LogP contribution in [-0.4, -0.2) is 24.3 Å². The van der Waals surface area contributed by atoms with Gasteiger partial charge in [0.1, 0.15) is 5.82 Å². The molecule has 0 amide bonds. The molecule has 2 aromatic rings. The van der Waals surface area contributed by atoms with Crippen LogP contribution in [0.4, 0.5) is 4.39 Å². The fraction of sp³-hybridized carbons (Fsp3) is 0.400. The lowest BCUT2D eigenvalue weighted by Gasteiger charge is -2.34. The van der Waals surface area contributed by atoms with Crippen molar-refractivity contribution >= 4 is 5.78 Å². The van der Waals surface area contributed by atoms with Crippen LogP contribution in [0.15, 0.2) is 60.2 Å². The molecule has 0 spiro atoms. The average molecular weight is 380 g/mol. The average Bonchev–Trinajstić information content (AvgIpc) is 2.62. The van der Waals surface area contributed by atoms with Gasteiger partial charge in [-0.1, -0.05) is 57.2 Å². The first kappa shape index (κ1) is 20.5. The van der Waals surface area contributed by atoms with Crippen molar-refractivity contribution < 1.29 is 9.18 Å². The Labute approximate surface area is 168 Å². The first-order chi connectivity index (χ1) is 13.2. The minimum absolute atomic E-state index is 0.126. The fourth-order valence-electron chi connectivity index (χ4n) is 3.94. The Bertz CT molecular complexity index is 844. The zero-order chi connectivity index (χ0) is 20.3. The van der Waals surface area contributed by atoms with Gasteiger partial charge in [-0.2, -0.15) is 0 Å². The molecule has 2 nitrogen and oxygen atoms in total. The Balaban J connectivity index is 1.75. The van der Waals surface area contributed by atoms with Crippen LogP contribution in [0.1, 0.15) is 56.3 Å². The van der Waals surface area contributed by atoms with E-state index in [9.17, 15) is 9.18 Å². The highest BCUT2D eigenvalue weighted by atomic mass is 19.1. The summed E-state index contributed by atoms with van der Waals surface area (Å²) in [6.07, 6.45) is 4.52. The van der Waals surface area contributed by atoms with Crippen LogP contribution < -0.4 is 0 Å². The summed E-state index contributed by atoms with van der Waals surface area (Å²) in [6, 6.07) is 15.6. The van der Waals surface area contributed by atoms with E-state index in [4.69, 9.17) is 0 Å². The molecule has 0 saturated carbocycles. The highest BCUT2D eigenvalue weighted by Gasteiger charge is 2.27. The third kappa shape index (κ3) is 4.96. The van der Waals surface area contributed by atoms with Crippen molar-refractivity contribution in [2.75, 3.05) is 13.6 Å². The minimum atomic E-state index is -0.204. The van der Waals surface area contributed by atoms with Crippen LogP contribution in [0.3, 0.4) is 0 Å². The molecule has 0 bridgehead atoms. The minimum Gasteiger partial charge on any atom is -0.293 e. The van der Waals surface area contributed by atoms with Crippen molar-refractivity contribution in [3.05, 3.63) is 82.7 Å². The van der Waals surface area contributed by atoms with Crippen molar-refractivity contribution in [3.8, 4) is 0 Å². The second kappa shape index (κ2) is 8.40. The van der Waals surface area contributed by atoms with Gasteiger partial charge in [0.2, 0.25) is 0 Å². The molecule has 0 radical (unpaired) electrons. The molecule has 0 aromatic heterocycles. The molecule has 0 N–H and O–H groups in total. The van der Waals surface area contributed by atoms with Gasteiger partial charge in [-0.25, -0.2) is 4.39 Å². The highest BCUT2D eigenvalue weighted by Crippen LogP contribution is 2.34. The Hall–Kier alpha value is -2.26. The summed E-state index contributed by atoms with van der Waals surface area (Å²) in [4.78, 5) is 14.3. The van der Waals surface area contributed by atoms with E-state index in [1.165, 1.54) is 28.8 Å². The van der Waals surface area contributed by atoms with E-state index < -0.39 is 0 Å². The fourth-order valence-corrected chi connectivity index (χ4v) is 3.94. The van der Waals surface area contributed by atoms with Crippen molar-refractivity contribution in [2.24, 2.45) is 0 Å². The third-order valence-electron chi connectivity index (χ3n) is 5.48. The summed E-state index contributed by atoms with van der Waals surface area (Å²) in [5, 5.41) is 0. The van der Waals surface area contributed by atoms with Crippen LogP contribution in [-0.2, 0) is 16.6 Å². The van der Waals surface area contributed by atoms with Gasteiger partial charge in [-0.15, -0.1) is 0 Å². The lowest BCUT2D eigenvalue weighted by atomic mass is 9.84. The van der Waals surface area contributed by atoms with Crippen molar-refractivity contribution in [3.63, 3.8) is 0 Å². The van der Waals surface area contributed by atoms with Gasteiger partial charge >= 0.3 is 0 Å². The van der Waals surface area contributed by atoms with Gasteiger partial charge in [0.15, 0.2) is 5.78 Å². The van der Waals surface area contributed by atoms with Crippen LogP contribution in [0.5, 0.6) is 0 Å². The zero-order valence-electron chi connectivity index (χ0n) is 17.3. The standard InChI is InChI=1S/C25H30FNO/c1-25(2,3)21-12-10-19(11-13-21)24-20(16-23(28)17-27(24)4)7-5-6-18-8-14-22(26)15-9-18/h8-16,24H,5-7,17H2,1-4H3. The number of carbonyl (C=O) groups excluding carboxylic acids is 1. The highest BCUT2D eigenvalue weighted by molar-refractivity contribution is 5.93. The number of halogens is 1. The summed E-state index contributed by atoms with van der Waals surface area (Å²) < 4.78 is 13.1. The summed E-state index contributed by atoms with van der Waals surface area (Å²) in [5.74, 6) is -0.0356. The number of ketones is 1. The van der Waals surface area contributed by atoms with Gasteiger partial charge < -0.3 is 0 Å². The van der Waals surface area contributed by atoms with E-state index in [-0.39, 0.29) is 23.1 Å². The van der Waals surface area contributed by atoms with Crippen molar-refractivity contribution in [2.45, 2.75) is 51.5 Å². The number of carbonyl (C=O) groups is 1. The van der Waals surface area contributed by atoms with Gasteiger partial charge in [0.25, 0.3) is 0 Å². The molecule has 28 heavy (non-hydrogen) atoms. The maximum absolute atomic E-state index is 13.1. The number of benzene rings is 2. The van der Waals surface area contributed by atoms with E-state index in [1.54, 1.807) is 0 Å². The molecule has 3 heteroatoms. The second-order valence-corrected chi connectivity index (χ2v) is 8.86. The molecule has 3 rings (SSSR count). The predicted octanol–water partition coefficient (Wildman–Crippen LogP) is 5.63. The molecule has 1 heterocycles. The van der Waals surface area contributed by atoms with Gasteiger partial charge in [-0.05, 0) is 72.2 Å². The van der Waals surface area contributed by atoms with Crippen LogP contribution in [0.2, 0.25) is 0 Å². The molecule has 1 unspecified atom stereocenters. The lowest BCUT2D eigenvalue weighted by Crippen LogP contribution is -2.35. The van der Waals surface area contributed by atoms with Crippen LogP contribution in [0, 0.1) is 5.82 Å². The maximum Gasteiger partial charge on any atom is 0.169 e. The van der Waals surface area contributed by atoms with E-state index in [0.29, 0.717) is 6.54 Å². The molecular formula is C25H30FNO. The third-order valence-corrected chi connectivity index (χ3v) is 5.48. The molecule has 0 aliphatic carbocycles. The zero-order valence-corrected chi connectivity index (χ0v) is 17.3. The Kier molecular flexibility index (Phi) is 6.14. The van der Waals surface area contributed by atoms with E-state index in [0.717, 1.165) is 24.8 Å². The lowest BCUT2D eigenvalue weighted by molar-refractivity contribution is -0.116. The molecule has 1 aliphatic rings. The largest absolute Gasteiger partial charge is 0.293 e. The SMILES string of the molecule is CN1CC(=O)C=C(CCCc2ccc(F)cc2)C1c1ccc(C(C)(C)C)cc1. The summed E-state index contributed by atoms with van der Waals surface area (Å²) in [7, 11) is 2.02. The normalized spacial score (nSPS) is 18.2. The number of nitrogens with zero attached hydrogens (tertiary/aromatic N) is 1. The molecule has 2 aromatic carbocycles. The van der Waals surface area contributed by atoms with E-state index >= 15 is 0 Å². The van der Waals surface area contributed by atoms with Gasteiger partial charge in [0.05, 0.1) is 12.6 Å². The Morgan fingerprint density at radius 3 is 2.25 bits per heavy atom. The maximum atomic E-state index is 13.1. The molecule has 1 aliphatic heterocycles. The Morgan fingerprint density at radius 1 is 1.00 bits per heavy atom. The predicted molar refractivity (Wildman–Crippen MR) is 113 cm³/mol. The number of aryl methyl sites for hydroxylation is 1. The number of hydrogen-bond donors (Lipinski definition) is 0. The second-order valence-electron chi connectivity index (χ2n) is 8.86. The van der Waals surface area contributed by atoms with Crippen molar-refractivity contribution in [1.82, 2.24) is 4.90 Å². The number of rotatable bonds is 5. The van der Waals surface area contributed by atoms with Crippen LogP contribution >= 0.6 is 0 Å². The number of hydrogen-bond acceptors (Lipinski definition) is 2. The monoisotopic (exact) mass is 379 g/mol. The summed E-state index contributed by atoms with van der Waals surface area (Å²) in [6.45, 7) is 7.10. The van der Waals surface area contributed by atoms with E-state index in [2.05, 4.69) is 49.9 Å². The first-order valence-corrected chi connectivity index (χ1v) is 10.0. The van der Waals surface area contributed by atoms with Crippen LogP contribution in [0.25, 0.3) is 0 Å². The molecule has 0 fully saturated rings. The molecule has 0 saturated heterocycles. The van der Waals surface area contributed by atoms with Gasteiger partial charge in [-0.3, -0.25) is 9.69 Å². The summed E-state index contributed by atoms with van der Waals surface area (Å²) in [5.41, 5.74) is 4.97. The van der Waals surface area contributed by atoms with Gasteiger partial charge in [0, 0.05) is 0 Å². The Morgan fingerprint density at radius 2 is 1.64 bits per heavy atom. The van der Waals surface area contributed by atoms with Crippen molar-refractivity contribution in [1.29, 1.82) is 0 Å². The molecule has 1 atom stereocenters. The molecular weight excluding hydrogens is 349 g/mol. The summed E-state index contributed by atoms with van der Waals surface area (Å²) >= 11 is 0. The number of likely N-dealkylation sites (N-methyl/N-ethyl adjacent to an activating group) is 1. The van der Waals surface area contributed by atoms with E-state index in [1.807, 2.05) is 25.3 Å². The quantitative estimate of drug-likeness (QED) is 0.671. The first-order valence-electron chi connectivity index (χ1n) is 10.0. The smallest absolute Gasteiger partial charge is 0.169 e.